The average Bonchev–Trinajstić information content (AvgIpc) is 2.64. The van der Waals surface area contributed by atoms with Crippen molar-refractivity contribution in [3.8, 4) is 0 Å². The van der Waals surface area contributed by atoms with Crippen LogP contribution in [0.5, 0.6) is 0 Å². The van der Waals surface area contributed by atoms with E-state index in [-0.39, 0.29) is 5.78 Å². The van der Waals surface area contributed by atoms with Gasteiger partial charge in [0.25, 0.3) is 0 Å². The van der Waals surface area contributed by atoms with Crippen LogP contribution in [0, 0.1) is 0 Å². The Morgan fingerprint density at radius 3 is 1.81 bits per heavy atom. The quantitative estimate of drug-likeness (QED) is 0.161. The van der Waals surface area contributed by atoms with Gasteiger partial charge in [0.2, 0.25) is 0 Å². The van der Waals surface area contributed by atoms with Gasteiger partial charge in [0.1, 0.15) is 12.1 Å². The molecule has 0 aliphatic rings. The molecule has 5 heteroatoms. The molecule has 0 fully saturated rings. The number of unbranched alkanes of at least 4 members (excludes halogenated alkanes) is 7. The lowest BCUT2D eigenvalue weighted by molar-refractivity contribution is 0.597. The number of hydrogen-bond acceptors (Lipinski definition) is 4. The van der Waals surface area contributed by atoms with Gasteiger partial charge in [-0.05, 0) is 25.8 Å². The fraction of sp³-hybridized carbons (Fsp3) is 1.00. The molecule has 0 radical (unpaired) electrons. The van der Waals surface area contributed by atoms with Crippen molar-refractivity contribution in [3.63, 3.8) is 0 Å². The first-order valence-electron chi connectivity index (χ1n) is 11.5. The summed E-state index contributed by atoms with van der Waals surface area (Å²) in [5.74, 6) is 0.249. The highest BCUT2D eigenvalue weighted by atomic mass is 31.2. The zero-order valence-corrected chi connectivity index (χ0v) is 19.3. The molecule has 158 valence electrons. The third-order valence-corrected chi connectivity index (χ3v) is 8.76. The molecule has 2 atom stereocenters. The van der Waals surface area contributed by atoms with E-state index in [1.165, 1.54) is 64.2 Å². The average molecular weight is 390 g/mol. The van der Waals surface area contributed by atoms with Crippen molar-refractivity contribution in [1.29, 1.82) is 0 Å². The highest BCUT2D eigenvalue weighted by molar-refractivity contribution is 7.72. The van der Waals surface area contributed by atoms with Crippen LogP contribution in [0.3, 0.4) is 0 Å². The lowest BCUT2D eigenvalue weighted by atomic mass is 10.1. The minimum atomic E-state index is -1.57. The molecule has 2 unspecified atom stereocenters. The fourth-order valence-electron chi connectivity index (χ4n) is 3.23. The smallest absolute Gasteiger partial charge is 0.179 e. The van der Waals surface area contributed by atoms with Crippen LogP contribution in [0.2, 0.25) is 0 Å². The maximum Gasteiger partial charge on any atom is 0.179 e. The first-order valence-corrected chi connectivity index (χ1v) is 13.5. The maximum absolute atomic E-state index is 6.73. The van der Waals surface area contributed by atoms with E-state index in [1.807, 2.05) is 0 Å². The van der Waals surface area contributed by atoms with Crippen molar-refractivity contribution in [3.05, 3.63) is 0 Å². The van der Waals surface area contributed by atoms with Crippen LogP contribution >= 0.6 is 7.56 Å². The number of nitrogens with two attached hydrogens (primary N) is 1. The molecule has 0 bridgehead atoms. The highest BCUT2D eigenvalue weighted by Gasteiger charge is 2.43. The van der Waals surface area contributed by atoms with E-state index in [4.69, 9.17) is 5.73 Å². The standard InChI is InChI=1S/C21H50N4P/c1-5-9-12-13-14-15-19-25-26(21(22)16-8-4,24-18-11-7-3)20-23-17-10-6-2/h21,23-25H,5-20,22H2,1-4H3/q+1. The van der Waals surface area contributed by atoms with Crippen LogP contribution in [-0.2, 0) is 0 Å². The molecular weight excluding hydrogens is 339 g/mol. The molecule has 0 aromatic rings. The first kappa shape index (κ1) is 26.3. The summed E-state index contributed by atoms with van der Waals surface area (Å²) in [6.45, 7) is 12.3. The normalized spacial score (nSPS) is 15.1. The Labute approximate surface area is 165 Å². The Kier molecular flexibility index (Phi) is 18.8. The van der Waals surface area contributed by atoms with Crippen molar-refractivity contribution in [2.24, 2.45) is 5.73 Å². The Bertz CT molecular complexity index is 291. The highest BCUT2D eigenvalue weighted by Crippen LogP contribution is 2.53. The van der Waals surface area contributed by atoms with Crippen LogP contribution in [0.4, 0.5) is 0 Å². The predicted molar refractivity (Wildman–Crippen MR) is 122 cm³/mol. The van der Waals surface area contributed by atoms with Crippen LogP contribution < -0.4 is 21.2 Å². The number of hydrogen-bond donors (Lipinski definition) is 4. The molecule has 0 aromatic carbocycles. The molecule has 0 aromatic heterocycles. The Hall–Kier alpha value is 0.270. The fourth-order valence-corrected chi connectivity index (χ4v) is 6.60. The second-order valence-corrected chi connectivity index (χ2v) is 11.0. The molecule has 0 aliphatic heterocycles. The summed E-state index contributed by atoms with van der Waals surface area (Å²) in [6.07, 6.45) is 16.3. The number of rotatable bonds is 20. The van der Waals surface area contributed by atoms with Gasteiger partial charge in [0, 0.05) is 19.5 Å². The molecule has 0 amide bonds. The lowest BCUT2D eigenvalue weighted by Gasteiger charge is -2.33. The van der Waals surface area contributed by atoms with Crippen LogP contribution in [0.1, 0.15) is 105 Å². The third-order valence-electron chi connectivity index (χ3n) is 5.07. The van der Waals surface area contributed by atoms with E-state index in [0.717, 1.165) is 38.8 Å². The minimum absolute atomic E-state index is 0.249. The summed E-state index contributed by atoms with van der Waals surface area (Å²) in [5.41, 5.74) is 6.73. The van der Waals surface area contributed by atoms with E-state index >= 15 is 0 Å². The molecule has 0 heterocycles. The Morgan fingerprint density at radius 1 is 0.654 bits per heavy atom. The first-order chi connectivity index (χ1) is 12.7. The second kappa shape index (κ2) is 18.6. The van der Waals surface area contributed by atoms with E-state index in [1.54, 1.807) is 0 Å². The molecule has 4 nitrogen and oxygen atoms in total. The number of nitrogens with one attached hydrogen (secondary N) is 3. The molecule has 0 saturated heterocycles. The summed E-state index contributed by atoms with van der Waals surface area (Å²) < 4.78 is 0. The molecule has 0 saturated carbocycles. The van der Waals surface area contributed by atoms with Crippen molar-refractivity contribution in [2.75, 3.05) is 25.9 Å². The van der Waals surface area contributed by atoms with Gasteiger partial charge < -0.3 is 0 Å². The van der Waals surface area contributed by atoms with E-state index in [9.17, 15) is 0 Å². The summed E-state index contributed by atoms with van der Waals surface area (Å²) >= 11 is 0. The van der Waals surface area contributed by atoms with Crippen LogP contribution in [0.15, 0.2) is 0 Å². The lowest BCUT2D eigenvalue weighted by Crippen LogP contribution is -2.45. The zero-order chi connectivity index (χ0) is 19.5. The Balaban J connectivity index is 4.64. The zero-order valence-electron chi connectivity index (χ0n) is 18.4. The predicted octanol–water partition coefficient (Wildman–Crippen LogP) is 5.61. The Morgan fingerprint density at radius 2 is 1.19 bits per heavy atom. The molecule has 26 heavy (non-hydrogen) atoms. The van der Waals surface area contributed by atoms with E-state index in [0.29, 0.717) is 0 Å². The van der Waals surface area contributed by atoms with Gasteiger partial charge in [-0.2, -0.15) is 10.2 Å². The monoisotopic (exact) mass is 389 g/mol. The van der Waals surface area contributed by atoms with Gasteiger partial charge in [-0.25, -0.2) is 0 Å². The van der Waals surface area contributed by atoms with Gasteiger partial charge in [0.15, 0.2) is 7.56 Å². The SMILES string of the molecule is CCCCCCCCN[P+](CNCCCC)(NCCCC)C(N)CCC. The van der Waals surface area contributed by atoms with Crippen molar-refractivity contribution in [2.45, 2.75) is 111 Å². The summed E-state index contributed by atoms with van der Waals surface area (Å²) in [7, 11) is -1.57. The molecule has 5 N–H and O–H groups in total. The maximum atomic E-state index is 6.73. The van der Waals surface area contributed by atoms with Gasteiger partial charge in [0.05, 0.1) is 0 Å². The van der Waals surface area contributed by atoms with Crippen molar-refractivity contribution < 1.29 is 0 Å². The summed E-state index contributed by atoms with van der Waals surface area (Å²) in [5, 5.41) is 11.6. The van der Waals surface area contributed by atoms with Gasteiger partial charge in [-0.3, -0.25) is 11.1 Å². The second-order valence-electron chi connectivity index (χ2n) is 7.67. The third kappa shape index (κ3) is 12.6. The van der Waals surface area contributed by atoms with Crippen LogP contribution in [0.25, 0.3) is 0 Å². The topological polar surface area (TPSA) is 62.1 Å². The summed E-state index contributed by atoms with van der Waals surface area (Å²) in [6, 6.07) is 0. The van der Waals surface area contributed by atoms with Crippen molar-refractivity contribution in [1.82, 2.24) is 15.5 Å². The largest absolute Gasteiger partial charge is 0.294 e. The van der Waals surface area contributed by atoms with Crippen LogP contribution in [-0.4, -0.2) is 31.7 Å². The summed E-state index contributed by atoms with van der Waals surface area (Å²) in [4.78, 5) is 0. The molecule has 0 rings (SSSR count). The minimum Gasteiger partial charge on any atom is -0.294 e. The molecule has 0 aliphatic carbocycles. The molecular formula is C21H50N4P+. The van der Waals surface area contributed by atoms with E-state index < -0.39 is 7.56 Å². The van der Waals surface area contributed by atoms with Crippen molar-refractivity contribution >= 4 is 7.56 Å². The van der Waals surface area contributed by atoms with Gasteiger partial charge >= 0.3 is 0 Å². The van der Waals surface area contributed by atoms with Gasteiger partial charge in [-0.1, -0.05) is 79.1 Å². The van der Waals surface area contributed by atoms with E-state index in [2.05, 4.69) is 43.2 Å². The van der Waals surface area contributed by atoms with Gasteiger partial charge in [-0.15, -0.1) is 0 Å². The molecule has 0 spiro atoms.